The topological polar surface area (TPSA) is 49.8 Å². The minimum Gasteiger partial charge on any atom is -0.367 e. The molecule has 0 amide bonds. The van der Waals surface area contributed by atoms with Crippen molar-refractivity contribution in [3.05, 3.63) is 53.9 Å². The van der Waals surface area contributed by atoms with E-state index >= 15 is 4.39 Å². The quantitative estimate of drug-likeness (QED) is 0.679. The van der Waals surface area contributed by atoms with E-state index in [4.69, 9.17) is 0 Å². The summed E-state index contributed by atoms with van der Waals surface area (Å²) in [6.45, 7) is 0.210. The Labute approximate surface area is 156 Å². The monoisotopic (exact) mass is 366 g/mol. The number of nitrogens with zero attached hydrogens (tertiary/aromatic N) is 2. The molecule has 0 atom stereocenters. The Morgan fingerprint density at radius 2 is 1.78 bits per heavy atom. The number of fused-ring (bicyclic) bond motifs is 1. The summed E-state index contributed by atoms with van der Waals surface area (Å²) in [6.07, 6.45) is 5.95. The van der Waals surface area contributed by atoms with Gasteiger partial charge in [0.1, 0.15) is 23.8 Å². The van der Waals surface area contributed by atoms with Gasteiger partial charge in [0.25, 0.3) is 0 Å². The lowest BCUT2D eigenvalue weighted by molar-refractivity contribution is 0.537. The average Bonchev–Trinajstić information content (AvgIpc) is 3.57. The molecule has 2 aliphatic rings. The van der Waals surface area contributed by atoms with E-state index in [1.807, 2.05) is 18.2 Å². The van der Waals surface area contributed by atoms with Gasteiger partial charge in [-0.3, -0.25) is 0 Å². The molecule has 0 aliphatic heterocycles. The summed E-state index contributed by atoms with van der Waals surface area (Å²) >= 11 is 0. The van der Waals surface area contributed by atoms with Gasteiger partial charge in [-0.2, -0.15) is 0 Å². The van der Waals surface area contributed by atoms with E-state index in [1.165, 1.54) is 18.5 Å². The molecule has 3 aromatic rings. The molecule has 2 aliphatic carbocycles. The standard InChI is InChI=1S/C21H20F2N4/c22-18-7-6-15(20(23)17(18)10-24-13-2-3-13)12-1-8-19-16(9-12)21(26-11-25-19)27-14-4-5-14/h1,6-9,11,13-14,24H,2-5,10H2,(H,25,26,27). The predicted molar refractivity (Wildman–Crippen MR) is 101 cm³/mol. The lowest BCUT2D eigenvalue weighted by Crippen LogP contribution is -2.17. The molecule has 6 heteroatoms. The summed E-state index contributed by atoms with van der Waals surface area (Å²) < 4.78 is 29.3. The second-order valence-electron chi connectivity index (χ2n) is 7.42. The van der Waals surface area contributed by atoms with E-state index < -0.39 is 11.6 Å². The first-order chi connectivity index (χ1) is 13.2. The fourth-order valence-electron chi connectivity index (χ4n) is 3.28. The minimum absolute atomic E-state index is 0.0973. The molecular formula is C21H20F2N4. The molecule has 2 aromatic carbocycles. The van der Waals surface area contributed by atoms with Crippen LogP contribution in [0, 0.1) is 11.6 Å². The summed E-state index contributed by atoms with van der Waals surface area (Å²) in [5, 5.41) is 7.44. The molecule has 5 rings (SSSR count). The highest BCUT2D eigenvalue weighted by atomic mass is 19.1. The van der Waals surface area contributed by atoms with Crippen molar-refractivity contribution in [2.24, 2.45) is 0 Å². The van der Waals surface area contributed by atoms with Gasteiger partial charge in [0.15, 0.2) is 0 Å². The van der Waals surface area contributed by atoms with Gasteiger partial charge in [-0.05, 0) is 55.5 Å². The molecule has 138 valence electrons. The molecule has 0 radical (unpaired) electrons. The summed E-state index contributed by atoms with van der Waals surface area (Å²) in [5.41, 5.74) is 1.99. The maximum absolute atomic E-state index is 15.1. The summed E-state index contributed by atoms with van der Waals surface area (Å²) in [4.78, 5) is 8.65. The second kappa shape index (κ2) is 6.53. The number of anilines is 1. The lowest BCUT2D eigenvalue weighted by atomic mass is 10.00. The van der Waals surface area contributed by atoms with Gasteiger partial charge in [0.2, 0.25) is 0 Å². The van der Waals surface area contributed by atoms with Crippen LogP contribution < -0.4 is 10.6 Å². The zero-order chi connectivity index (χ0) is 18.4. The van der Waals surface area contributed by atoms with Gasteiger partial charge < -0.3 is 10.6 Å². The molecule has 1 heterocycles. The molecule has 0 saturated heterocycles. The SMILES string of the molecule is Fc1ccc(-c2ccc3ncnc(NC4CC4)c3c2)c(F)c1CNC1CC1. The van der Waals surface area contributed by atoms with Crippen molar-refractivity contribution in [3.8, 4) is 11.1 Å². The van der Waals surface area contributed by atoms with E-state index in [1.54, 1.807) is 0 Å². The minimum atomic E-state index is -0.510. The zero-order valence-corrected chi connectivity index (χ0v) is 14.8. The summed E-state index contributed by atoms with van der Waals surface area (Å²) in [6, 6.07) is 9.26. The Balaban J connectivity index is 1.55. The van der Waals surface area contributed by atoms with Crippen LogP contribution in [0.2, 0.25) is 0 Å². The number of aromatic nitrogens is 2. The number of benzene rings is 2. The first kappa shape index (κ1) is 16.6. The van der Waals surface area contributed by atoms with Gasteiger partial charge in [-0.1, -0.05) is 6.07 Å². The van der Waals surface area contributed by atoms with Gasteiger partial charge >= 0.3 is 0 Å². The van der Waals surface area contributed by atoms with Crippen LogP contribution in [0.5, 0.6) is 0 Å². The van der Waals surface area contributed by atoms with E-state index in [-0.39, 0.29) is 12.1 Å². The zero-order valence-electron chi connectivity index (χ0n) is 14.8. The molecule has 4 nitrogen and oxygen atoms in total. The maximum atomic E-state index is 15.1. The van der Waals surface area contributed by atoms with Crippen LogP contribution in [-0.4, -0.2) is 22.1 Å². The Morgan fingerprint density at radius 1 is 0.963 bits per heavy atom. The van der Waals surface area contributed by atoms with Gasteiger partial charge in [-0.15, -0.1) is 0 Å². The van der Waals surface area contributed by atoms with E-state index in [9.17, 15) is 4.39 Å². The van der Waals surface area contributed by atoms with Crippen LogP contribution in [0.15, 0.2) is 36.7 Å². The van der Waals surface area contributed by atoms with Gasteiger partial charge in [0.05, 0.1) is 5.52 Å². The van der Waals surface area contributed by atoms with Crippen molar-refractivity contribution >= 4 is 16.7 Å². The smallest absolute Gasteiger partial charge is 0.138 e. The van der Waals surface area contributed by atoms with E-state index in [2.05, 4.69) is 20.6 Å². The van der Waals surface area contributed by atoms with Crippen LogP contribution in [0.4, 0.5) is 14.6 Å². The molecule has 0 bridgehead atoms. The number of hydrogen-bond acceptors (Lipinski definition) is 4. The summed E-state index contributed by atoms with van der Waals surface area (Å²) in [7, 11) is 0. The number of rotatable bonds is 6. The highest BCUT2D eigenvalue weighted by molar-refractivity contribution is 5.92. The maximum Gasteiger partial charge on any atom is 0.138 e. The van der Waals surface area contributed by atoms with Crippen LogP contribution in [-0.2, 0) is 6.54 Å². The largest absolute Gasteiger partial charge is 0.367 e. The number of halogens is 2. The van der Waals surface area contributed by atoms with Crippen LogP contribution in [0.1, 0.15) is 31.2 Å². The highest BCUT2D eigenvalue weighted by Crippen LogP contribution is 2.33. The molecule has 2 saturated carbocycles. The Bertz CT molecular complexity index is 1010. The molecule has 0 spiro atoms. The third-order valence-corrected chi connectivity index (χ3v) is 5.20. The Hall–Kier alpha value is -2.60. The Morgan fingerprint density at radius 3 is 2.56 bits per heavy atom. The Kier molecular flexibility index (Phi) is 4.01. The van der Waals surface area contributed by atoms with Crippen molar-refractivity contribution in [1.29, 1.82) is 0 Å². The van der Waals surface area contributed by atoms with Crippen molar-refractivity contribution in [1.82, 2.24) is 15.3 Å². The summed E-state index contributed by atoms with van der Waals surface area (Å²) in [5.74, 6) is -0.247. The van der Waals surface area contributed by atoms with Crippen LogP contribution in [0.3, 0.4) is 0 Å². The molecular weight excluding hydrogens is 346 g/mol. The first-order valence-corrected chi connectivity index (χ1v) is 9.41. The van der Waals surface area contributed by atoms with Crippen molar-refractivity contribution in [2.45, 2.75) is 44.3 Å². The van der Waals surface area contributed by atoms with Crippen molar-refractivity contribution in [2.75, 3.05) is 5.32 Å². The average molecular weight is 366 g/mol. The normalized spacial score (nSPS) is 16.7. The number of nitrogens with one attached hydrogen (secondary N) is 2. The fourth-order valence-corrected chi connectivity index (χ4v) is 3.28. The second-order valence-corrected chi connectivity index (χ2v) is 7.42. The predicted octanol–water partition coefficient (Wildman–Crippen LogP) is 4.40. The first-order valence-electron chi connectivity index (χ1n) is 9.41. The number of hydrogen-bond donors (Lipinski definition) is 2. The molecule has 27 heavy (non-hydrogen) atoms. The van der Waals surface area contributed by atoms with E-state index in [0.29, 0.717) is 23.2 Å². The molecule has 2 N–H and O–H groups in total. The van der Waals surface area contributed by atoms with Crippen LogP contribution in [0.25, 0.3) is 22.0 Å². The highest BCUT2D eigenvalue weighted by Gasteiger charge is 2.24. The van der Waals surface area contributed by atoms with Crippen molar-refractivity contribution < 1.29 is 8.78 Å². The van der Waals surface area contributed by atoms with Crippen LogP contribution >= 0.6 is 0 Å². The molecule has 0 unspecified atom stereocenters. The molecule has 1 aromatic heterocycles. The van der Waals surface area contributed by atoms with Gasteiger partial charge in [0, 0.05) is 35.1 Å². The third-order valence-electron chi connectivity index (χ3n) is 5.20. The fraction of sp³-hybridized carbons (Fsp3) is 0.333. The van der Waals surface area contributed by atoms with E-state index in [0.717, 1.165) is 42.4 Å². The van der Waals surface area contributed by atoms with Gasteiger partial charge in [-0.25, -0.2) is 18.7 Å². The third kappa shape index (κ3) is 3.37. The van der Waals surface area contributed by atoms with Crippen molar-refractivity contribution in [3.63, 3.8) is 0 Å². The molecule has 2 fully saturated rings. The lowest BCUT2D eigenvalue weighted by Gasteiger charge is -2.12.